The normalized spacial score (nSPS) is 11.6. The SMILES string of the molecule is COc1cccc(NC(=O)[C@H](C)OC(=O)c2cc(Cl)c(OC(C)C)c(OC)c2)c1. The van der Waals surface area contributed by atoms with Gasteiger partial charge in [-0.15, -0.1) is 0 Å². The van der Waals surface area contributed by atoms with E-state index in [0.717, 1.165) is 0 Å². The zero-order chi connectivity index (χ0) is 21.6. The summed E-state index contributed by atoms with van der Waals surface area (Å²) in [4.78, 5) is 24.8. The van der Waals surface area contributed by atoms with Crippen molar-refractivity contribution in [2.75, 3.05) is 19.5 Å². The number of amides is 1. The summed E-state index contributed by atoms with van der Waals surface area (Å²) < 4.78 is 21.3. The molecular formula is C21H24ClNO6. The summed E-state index contributed by atoms with van der Waals surface area (Å²) in [7, 11) is 2.97. The molecule has 0 radical (unpaired) electrons. The lowest BCUT2D eigenvalue weighted by molar-refractivity contribution is -0.123. The average molecular weight is 422 g/mol. The number of carbonyl (C=O) groups is 2. The second kappa shape index (κ2) is 10.0. The van der Waals surface area contributed by atoms with Gasteiger partial charge in [-0.25, -0.2) is 4.79 Å². The molecular weight excluding hydrogens is 398 g/mol. The highest BCUT2D eigenvalue weighted by atomic mass is 35.5. The summed E-state index contributed by atoms with van der Waals surface area (Å²) >= 11 is 6.23. The minimum atomic E-state index is -1.04. The van der Waals surface area contributed by atoms with Gasteiger partial charge in [-0.1, -0.05) is 17.7 Å². The van der Waals surface area contributed by atoms with Gasteiger partial charge in [0, 0.05) is 11.8 Å². The van der Waals surface area contributed by atoms with E-state index < -0.39 is 18.0 Å². The van der Waals surface area contributed by atoms with Crippen LogP contribution in [0.25, 0.3) is 0 Å². The number of methoxy groups -OCH3 is 2. The van der Waals surface area contributed by atoms with E-state index in [1.807, 2.05) is 13.8 Å². The van der Waals surface area contributed by atoms with Gasteiger partial charge >= 0.3 is 5.97 Å². The molecule has 0 fully saturated rings. The van der Waals surface area contributed by atoms with Crippen LogP contribution in [-0.4, -0.2) is 38.3 Å². The summed E-state index contributed by atoms with van der Waals surface area (Å²) in [6.45, 7) is 5.17. The fraction of sp³-hybridized carbons (Fsp3) is 0.333. The van der Waals surface area contributed by atoms with E-state index in [1.54, 1.807) is 24.3 Å². The maximum absolute atomic E-state index is 12.5. The Bertz CT molecular complexity index is 883. The van der Waals surface area contributed by atoms with Crippen LogP contribution in [0, 0.1) is 0 Å². The molecule has 0 saturated carbocycles. The highest BCUT2D eigenvalue weighted by Gasteiger charge is 2.22. The van der Waals surface area contributed by atoms with Crippen LogP contribution in [-0.2, 0) is 9.53 Å². The third kappa shape index (κ3) is 6.02. The maximum Gasteiger partial charge on any atom is 0.339 e. The van der Waals surface area contributed by atoms with Crippen molar-refractivity contribution in [1.29, 1.82) is 0 Å². The number of esters is 1. The van der Waals surface area contributed by atoms with Crippen molar-refractivity contribution < 1.29 is 28.5 Å². The van der Waals surface area contributed by atoms with Crippen LogP contribution >= 0.6 is 11.6 Å². The van der Waals surface area contributed by atoms with E-state index in [4.69, 9.17) is 30.5 Å². The first-order chi connectivity index (χ1) is 13.7. The number of anilines is 1. The Labute approximate surface area is 174 Å². The minimum absolute atomic E-state index is 0.125. The first-order valence-corrected chi connectivity index (χ1v) is 9.33. The van der Waals surface area contributed by atoms with Crippen molar-refractivity contribution in [3.05, 3.63) is 47.0 Å². The van der Waals surface area contributed by atoms with E-state index in [-0.39, 0.29) is 16.7 Å². The first kappa shape index (κ1) is 22.4. The number of carbonyl (C=O) groups excluding carboxylic acids is 2. The van der Waals surface area contributed by atoms with Crippen molar-refractivity contribution in [1.82, 2.24) is 0 Å². The molecule has 1 atom stereocenters. The summed E-state index contributed by atoms with van der Waals surface area (Å²) in [6.07, 6.45) is -1.16. The number of rotatable bonds is 8. The number of halogens is 1. The minimum Gasteiger partial charge on any atom is -0.497 e. The number of nitrogens with one attached hydrogen (secondary N) is 1. The lowest BCUT2D eigenvalue weighted by Gasteiger charge is -2.17. The molecule has 0 spiro atoms. The third-order valence-electron chi connectivity index (χ3n) is 3.81. The van der Waals surface area contributed by atoms with Gasteiger partial charge in [-0.3, -0.25) is 4.79 Å². The van der Waals surface area contributed by atoms with Crippen LogP contribution in [0.15, 0.2) is 36.4 Å². The number of hydrogen-bond donors (Lipinski definition) is 1. The Balaban J connectivity index is 2.10. The molecule has 0 saturated heterocycles. The van der Waals surface area contributed by atoms with Crippen LogP contribution < -0.4 is 19.5 Å². The lowest BCUT2D eigenvalue weighted by Crippen LogP contribution is -2.30. The third-order valence-corrected chi connectivity index (χ3v) is 4.09. The Kier molecular flexibility index (Phi) is 7.73. The van der Waals surface area contributed by atoms with Crippen molar-refractivity contribution >= 4 is 29.2 Å². The molecule has 29 heavy (non-hydrogen) atoms. The fourth-order valence-electron chi connectivity index (χ4n) is 2.41. The van der Waals surface area contributed by atoms with E-state index in [0.29, 0.717) is 22.9 Å². The van der Waals surface area contributed by atoms with Crippen molar-refractivity contribution in [2.24, 2.45) is 0 Å². The molecule has 2 rings (SSSR count). The monoisotopic (exact) mass is 421 g/mol. The molecule has 2 aromatic carbocycles. The number of benzene rings is 2. The second-order valence-electron chi connectivity index (χ2n) is 6.42. The van der Waals surface area contributed by atoms with Crippen molar-refractivity contribution in [3.8, 4) is 17.2 Å². The van der Waals surface area contributed by atoms with E-state index in [9.17, 15) is 9.59 Å². The van der Waals surface area contributed by atoms with Gasteiger partial charge in [-0.05, 0) is 45.0 Å². The molecule has 0 unspecified atom stereocenters. The predicted octanol–water partition coefficient (Wildman–Crippen LogP) is 4.33. The highest BCUT2D eigenvalue weighted by Crippen LogP contribution is 2.37. The van der Waals surface area contributed by atoms with Crippen molar-refractivity contribution in [2.45, 2.75) is 33.0 Å². The smallest absolute Gasteiger partial charge is 0.339 e. The van der Waals surface area contributed by atoms with Crippen LogP contribution in [0.5, 0.6) is 17.2 Å². The van der Waals surface area contributed by atoms with E-state index >= 15 is 0 Å². The van der Waals surface area contributed by atoms with Gasteiger partial charge in [0.25, 0.3) is 5.91 Å². The molecule has 0 aliphatic heterocycles. The summed E-state index contributed by atoms with van der Waals surface area (Å²) in [5, 5.41) is 2.88. The molecule has 0 aliphatic carbocycles. The topological polar surface area (TPSA) is 83.1 Å². The highest BCUT2D eigenvalue weighted by molar-refractivity contribution is 6.32. The quantitative estimate of drug-likeness (QED) is 0.639. The zero-order valence-electron chi connectivity index (χ0n) is 16.9. The Morgan fingerprint density at radius 2 is 1.76 bits per heavy atom. The van der Waals surface area contributed by atoms with Crippen LogP contribution in [0.2, 0.25) is 5.02 Å². The van der Waals surface area contributed by atoms with Gasteiger partial charge in [0.15, 0.2) is 17.6 Å². The number of hydrogen-bond acceptors (Lipinski definition) is 6. The Morgan fingerprint density at radius 1 is 1.03 bits per heavy atom. The van der Waals surface area contributed by atoms with E-state index in [1.165, 1.54) is 33.3 Å². The summed E-state index contributed by atoms with van der Waals surface area (Å²) in [6, 6.07) is 9.72. The number of ether oxygens (including phenoxy) is 4. The largest absolute Gasteiger partial charge is 0.497 e. The predicted molar refractivity (Wildman–Crippen MR) is 110 cm³/mol. The second-order valence-corrected chi connectivity index (χ2v) is 6.83. The van der Waals surface area contributed by atoms with Crippen molar-refractivity contribution in [3.63, 3.8) is 0 Å². The molecule has 0 aliphatic rings. The molecule has 8 heteroatoms. The average Bonchev–Trinajstić information content (AvgIpc) is 2.68. The van der Waals surface area contributed by atoms with Gasteiger partial charge in [0.1, 0.15) is 5.75 Å². The standard InChI is InChI=1S/C21H24ClNO6/c1-12(2)28-19-17(22)9-14(10-18(19)27-5)21(25)29-13(3)20(24)23-15-7-6-8-16(11-15)26-4/h6-13H,1-5H3,(H,23,24)/t13-/m0/s1. The molecule has 2 aromatic rings. The van der Waals surface area contributed by atoms with Crippen LogP contribution in [0.3, 0.4) is 0 Å². The molecule has 1 N–H and O–H groups in total. The molecule has 156 valence electrons. The molecule has 0 aromatic heterocycles. The molecule has 1 amide bonds. The molecule has 7 nitrogen and oxygen atoms in total. The molecule has 0 heterocycles. The van der Waals surface area contributed by atoms with Gasteiger partial charge in [0.05, 0.1) is 30.9 Å². The fourth-order valence-corrected chi connectivity index (χ4v) is 2.67. The Morgan fingerprint density at radius 3 is 2.38 bits per heavy atom. The first-order valence-electron chi connectivity index (χ1n) is 8.95. The Hall–Kier alpha value is -2.93. The summed E-state index contributed by atoms with van der Waals surface area (Å²) in [5.41, 5.74) is 0.668. The lowest BCUT2D eigenvalue weighted by atomic mass is 10.2. The van der Waals surface area contributed by atoms with E-state index in [2.05, 4.69) is 5.32 Å². The van der Waals surface area contributed by atoms with Gasteiger partial charge in [0.2, 0.25) is 0 Å². The molecule has 0 bridgehead atoms. The van der Waals surface area contributed by atoms with Gasteiger partial charge in [-0.2, -0.15) is 0 Å². The maximum atomic E-state index is 12.5. The van der Waals surface area contributed by atoms with Crippen LogP contribution in [0.4, 0.5) is 5.69 Å². The zero-order valence-corrected chi connectivity index (χ0v) is 17.7. The summed E-state index contributed by atoms with van der Waals surface area (Å²) in [5.74, 6) is 0.0353. The van der Waals surface area contributed by atoms with Gasteiger partial charge < -0.3 is 24.3 Å². The van der Waals surface area contributed by atoms with Crippen LogP contribution in [0.1, 0.15) is 31.1 Å².